The molecule has 360 valence electrons. The molecular formula is C18F36O6. The lowest BCUT2D eigenvalue weighted by Crippen LogP contribution is -2.73. The second-order valence-electron chi connectivity index (χ2n) is 9.91. The Bertz CT molecular complexity index is 1530. The van der Waals surface area contributed by atoms with Crippen LogP contribution >= 0.6 is 0 Å². The lowest BCUT2D eigenvalue weighted by Gasteiger charge is -2.44. The molecule has 0 aromatic carbocycles. The Balaban J connectivity index is 8.02. The van der Waals surface area contributed by atoms with Crippen LogP contribution in [0, 0.1) is 0 Å². The Morgan fingerprint density at radius 3 is 0.583 bits per heavy atom. The molecule has 0 aromatic heterocycles. The molecule has 0 saturated heterocycles. The third-order valence-corrected chi connectivity index (χ3v) is 5.64. The van der Waals surface area contributed by atoms with Crippen molar-refractivity contribution in [2.24, 2.45) is 0 Å². The van der Waals surface area contributed by atoms with E-state index in [2.05, 4.69) is 0 Å². The van der Waals surface area contributed by atoms with Gasteiger partial charge < -0.3 is 0 Å². The van der Waals surface area contributed by atoms with Crippen molar-refractivity contribution in [3.8, 4) is 0 Å². The van der Waals surface area contributed by atoms with Crippen molar-refractivity contribution < 1.29 is 187 Å². The monoisotopic (exact) mass is 996 g/mol. The van der Waals surface area contributed by atoms with Gasteiger partial charge in [-0.1, -0.05) is 0 Å². The van der Waals surface area contributed by atoms with Crippen LogP contribution in [0.4, 0.5) is 158 Å². The normalized spacial score (nSPS) is 20.7. The van der Waals surface area contributed by atoms with Crippen LogP contribution in [0.3, 0.4) is 0 Å². The van der Waals surface area contributed by atoms with Gasteiger partial charge in [0, 0.05) is 0 Å². The number of rotatable bonds is 16. The summed E-state index contributed by atoms with van der Waals surface area (Å²) in [5, 5.41) is 0. The van der Waals surface area contributed by atoms with Crippen LogP contribution in [0.15, 0.2) is 0 Å². The third-order valence-electron chi connectivity index (χ3n) is 5.64. The number of hydrogen-bond acceptors (Lipinski definition) is 6. The zero-order valence-corrected chi connectivity index (χ0v) is 25.1. The molecule has 0 aromatic rings. The highest BCUT2D eigenvalue weighted by Crippen LogP contribution is 2.62. The van der Waals surface area contributed by atoms with Crippen molar-refractivity contribution in [3.63, 3.8) is 0 Å². The van der Waals surface area contributed by atoms with Crippen LogP contribution in [0.2, 0.25) is 0 Å². The van der Waals surface area contributed by atoms with Gasteiger partial charge in [0.1, 0.15) is 0 Å². The molecule has 0 fully saturated rings. The van der Waals surface area contributed by atoms with Crippen LogP contribution in [-0.4, -0.2) is 109 Å². The van der Waals surface area contributed by atoms with E-state index in [1.165, 1.54) is 0 Å². The Morgan fingerprint density at radius 2 is 0.433 bits per heavy atom. The van der Waals surface area contributed by atoms with E-state index in [0.717, 1.165) is 14.2 Å². The summed E-state index contributed by atoms with van der Waals surface area (Å²) in [6.45, 7) is 0. The van der Waals surface area contributed by atoms with Gasteiger partial charge in [0.15, 0.2) is 0 Å². The average molecular weight is 996 g/mol. The molecule has 0 radical (unpaired) electrons. The van der Waals surface area contributed by atoms with E-state index in [1.807, 2.05) is 0 Å². The topological polar surface area (TPSA) is 63.2 Å². The molecule has 42 heteroatoms. The summed E-state index contributed by atoms with van der Waals surface area (Å²) in [5.41, 5.74) is 0. The average Bonchev–Trinajstić information content (AvgIpc) is 2.91. The molecule has 0 aliphatic heterocycles. The second kappa shape index (κ2) is 14.8. The van der Waals surface area contributed by atoms with Gasteiger partial charge in [-0.3, -0.25) is 28.5 Å². The van der Waals surface area contributed by atoms with Crippen molar-refractivity contribution in [1.29, 1.82) is 0 Å². The molecule has 0 unspecified atom stereocenters. The molecule has 6 nitrogen and oxygen atoms in total. The van der Waals surface area contributed by atoms with E-state index < -0.39 is 109 Å². The number of carbonyl (C=O) groups is 1. The lowest BCUT2D eigenvalue weighted by molar-refractivity contribution is -0.600. The highest BCUT2D eigenvalue weighted by Gasteiger charge is 2.91. The predicted molar refractivity (Wildman–Crippen MR) is 96.7 cm³/mol. The molecule has 0 aliphatic rings. The smallest absolute Gasteiger partial charge is 0.263 e. The van der Waals surface area contributed by atoms with Crippen LogP contribution < -0.4 is 0 Å². The van der Waals surface area contributed by atoms with Crippen LogP contribution in [-0.2, 0) is 28.5 Å². The van der Waals surface area contributed by atoms with Crippen LogP contribution in [0.25, 0.3) is 0 Å². The van der Waals surface area contributed by atoms with Gasteiger partial charge in [-0.15, -0.1) is 0 Å². The zero-order chi connectivity index (χ0) is 49.6. The summed E-state index contributed by atoms with van der Waals surface area (Å²) in [6, 6.07) is -5.29. The van der Waals surface area contributed by atoms with E-state index in [1.54, 1.807) is 0 Å². The molecule has 60 heavy (non-hydrogen) atoms. The summed E-state index contributed by atoms with van der Waals surface area (Å²) in [6.07, 6.45) is -98.7. The number of carbonyl (C=O) groups excluding carboxylic acids is 1. The van der Waals surface area contributed by atoms with E-state index in [-0.39, 0.29) is 0 Å². The first kappa shape index (κ1) is 57.0. The van der Waals surface area contributed by atoms with Crippen LogP contribution in [0.5, 0.6) is 0 Å². The quantitative estimate of drug-likeness (QED) is 0.113. The number of halogens is 36. The summed E-state index contributed by atoms with van der Waals surface area (Å²) in [4.78, 5) is 10.1. The Kier molecular flexibility index (Phi) is 14.0. The highest BCUT2D eigenvalue weighted by molar-refractivity contribution is 5.77. The highest BCUT2D eigenvalue weighted by atomic mass is 19.5. The summed E-state index contributed by atoms with van der Waals surface area (Å²) in [7, 11) is 0. The predicted octanol–water partition coefficient (Wildman–Crippen LogP) is 10.9. The van der Waals surface area contributed by atoms with Crippen molar-refractivity contribution in [1.82, 2.24) is 0 Å². The van der Waals surface area contributed by atoms with Crippen molar-refractivity contribution in [2.45, 2.75) is 103 Å². The van der Waals surface area contributed by atoms with Gasteiger partial charge in [0.2, 0.25) is 0 Å². The minimum absolute atomic E-state index is 0.652. The minimum atomic E-state index is -9.64. The molecule has 0 bridgehead atoms. The number of hydrogen-bond donors (Lipinski definition) is 0. The fourth-order valence-corrected chi connectivity index (χ4v) is 2.71. The van der Waals surface area contributed by atoms with Crippen molar-refractivity contribution in [3.05, 3.63) is 0 Å². The van der Waals surface area contributed by atoms with E-state index in [4.69, 9.17) is 0 Å². The SMILES string of the molecule is O=C(F)[C@@](F)(OC(F)(F)[C@@](F)(OC(F)(F)[C@](F)(OC(F)(F)[C@](F)(OC(F)(F)[C@](F)(OC(F)(F)C(F)(F)C(F)(F)F)C(F)(F)F)C(F)(F)F)C(F)(F)F)C(F)(F)F)C(F)(F)F. The second-order valence-corrected chi connectivity index (χ2v) is 9.91. The molecule has 5 atom stereocenters. The molecule has 0 amide bonds. The maximum atomic E-state index is 14.5. The maximum Gasteiger partial charge on any atom is 0.462 e. The zero-order valence-electron chi connectivity index (χ0n) is 25.1. The Hall–Kier alpha value is -3.05. The van der Waals surface area contributed by atoms with Crippen molar-refractivity contribution in [2.75, 3.05) is 0 Å². The number of ether oxygens (including phenoxy) is 5. The van der Waals surface area contributed by atoms with Gasteiger partial charge in [-0.25, -0.2) is 0 Å². The Labute approximate surface area is 297 Å². The standard InChI is InChI=1S/C18F36O6/c19-1(55)2(20,8(27,28)29)56-15(47,48)4(23,10(33,34)35)58-17(51,52)6(25,12(39,40)41)60-18(53,54)7(26,13(42,43)44)59-16(49,50)5(24,11(36,37)38)57-14(45,46)3(21,22)9(30,31)32/t2-,4+,5-,6-,7-/m1/s1. The Morgan fingerprint density at radius 1 is 0.250 bits per heavy atom. The van der Waals surface area contributed by atoms with E-state index in [9.17, 15) is 163 Å². The third kappa shape index (κ3) is 9.19. The van der Waals surface area contributed by atoms with Gasteiger partial charge in [-0.2, -0.15) is 158 Å². The summed E-state index contributed by atoms with van der Waals surface area (Å²) < 4.78 is 483. The molecular weight excluding hydrogens is 996 g/mol. The fourth-order valence-electron chi connectivity index (χ4n) is 2.71. The first-order valence-electron chi connectivity index (χ1n) is 12.0. The minimum Gasteiger partial charge on any atom is -0.263 e. The van der Waals surface area contributed by atoms with Gasteiger partial charge >= 0.3 is 109 Å². The molecule has 0 rings (SSSR count). The molecule has 0 saturated carbocycles. The maximum absolute atomic E-state index is 14.5. The van der Waals surface area contributed by atoms with Gasteiger partial charge in [0.05, 0.1) is 0 Å². The molecule has 0 aliphatic carbocycles. The molecule has 0 N–H and O–H groups in total. The van der Waals surface area contributed by atoms with E-state index >= 15 is 0 Å². The van der Waals surface area contributed by atoms with Crippen LogP contribution in [0.1, 0.15) is 0 Å². The largest absolute Gasteiger partial charge is 0.462 e. The van der Waals surface area contributed by atoms with Gasteiger partial charge in [-0.05, 0) is 0 Å². The molecule has 0 spiro atoms. The lowest BCUT2D eigenvalue weighted by atomic mass is 10.2. The summed E-state index contributed by atoms with van der Waals surface area (Å²) >= 11 is 0. The summed E-state index contributed by atoms with van der Waals surface area (Å²) in [5.74, 6) is -54.2. The first-order chi connectivity index (χ1) is 25.2. The molecule has 0 heterocycles. The van der Waals surface area contributed by atoms with E-state index in [0.29, 0.717) is 9.47 Å². The fraction of sp³-hybridized carbons (Fsp3) is 0.944. The first-order valence-corrected chi connectivity index (χ1v) is 12.0. The number of alkyl halides is 35. The van der Waals surface area contributed by atoms with Gasteiger partial charge in [0.25, 0.3) is 0 Å². The van der Waals surface area contributed by atoms with Crippen molar-refractivity contribution >= 4 is 6.04 Å².